The zero-order chi connectivity index (χ0) is 17.4. The predicted octanol–water partition coefficient (Wildman–Crippen LogP) is 5.38. The van der Waals surface area contributed by atoms with E-state index in [1.165, 1.54) is 41.2 Å². The van der Waals surface area contributed by atoms with Gasteiger partial charge < -0.3 is 0 Å². The van der Waals surface area contributed by atoms with E-state index in [1.54, 1.807) is 5.57 Å². The lowest BCUT2D eigenvalue weighted by Gasteiger charge is -2.38. The average Bonchev–Trinajstić information content (AvgIpc) is 2.47. The second kappa shape index (κ2) is 6.51. The summed E-state index contributed by atoms with van der Waals surface area (Å²) in [5, 5.41) is 2.40. The molecule has 0 amide bonds. The first kappa shape index (κ1) is 17.8. The van der Waals surface area contributed by atoms with Gasteiger partial charge in [0.2, 0.25) is 0 Å². The number of allylic oxidation sites excluding steroid dienone is 3. The summed E-state index contributed by atoms with van der Waals surface area (Å²) in [5.41, 5.74) is 7.05. The Balaban J connectivity index is 2.57. The van der Waals surface area contributed by atoms with Crippen molar-refractivity contribution in [2.75, 3.05) is 0 Å². The van der Waals surface area contributed by atoms with Gasteiger partial charge in [-0.2, -0.15) is 0 Å². The zero-order valence-corrected chi connectivity index (χ0v) is 15.8. The number of hydrogen-bond donors (Lipinski definition) is 0. The lowest BCUT2D eigenvalue weighted by molar-refractivity contribution is 0.189. The Morgan fingerprint density at radius 1 is 1.26 bits per heavy atom. The van der Waals surface area contributed by atoms with Crippen LogP contribution in [0.15, 0.2) is 29.9 Å². The Morgan fingerprint density at radius 2 is 1.91 bits per heavy atom. The normalized spacial score (nSPS) is 22.8. The van der Waals surface area contributed by atoms with Gasteiger partial charge in [-0.15, -0.1) is 0 Å². The molecule has 0 aromatic heterocycles. The lowest BCUT2D eigenvalue weighted by Crippen LogP contribution is -2.30. The molecule has 1 unspecified atom stereocenters. The molecule has 0 saturated heterocycles. The van der Waals surface area contributed by atoms with Gasteiger partial charge in [-0.1, -0.05) is 57.2 Å². The van der Waals surface area contributed by atoms with Gasteiger partial charge in [0.25, 0.3) is 0 Å². The summed E-state index contributed by atoms with van der Waals surface area (Å²) < 4.78 is 0. The molecule has 0 N–H and O–H groups in total. The average molecular weight is 309 g/mol. The molecule has 1 atom stereocenters. The van der Waals surface area contributed by atoms with Crippen LogP contribution in [0.3, 0.4) is 0 Å². The maximum atomic E-state index is 4.30. The number of hydrogen-bond acceptors (Lipinski definition) is 0. The first-order valence-electron chi connectivity index (χ1n) is 8.80. The Bertz CT molecular complexity index is 758. The molecule has 1 aromatic carbocycles. The quantitative estimate of drug-likeness (QED) is 0.703. The van der Waals surface area contributed by atoms with E-state index in [0.29, 0.717) is 11.3 Å². The van der Waals surface area contributed by atoms with Crippen LogP contribution in [0.1, 0.15) is 65.0 Å². The highest BCUT2D eigenvalue weighted by molar-refractivity contribution is 5.63. The summed E-state index contributed by atoms with van der Waals surface area (Å²) >= 11 is 0. The molecule has 0 heterocycles. The van der Waals surface area contributed by atoms with Gasteiger partial charge in [0, 0.05) is 0 Å². The molecule has 1 aliphatic carbocycles. The molecular weight excluding hydrogens is 276 g/mol. The molecular formula is C23H32. The van der Waals surface area contributed by atoms with Crippen LogP contribution in [0.25, 0.3) is 18.2 Å². The van der Waals surface area contributed by atoms with Crippen molar-refractivity contribution in [1.82, 2.24) is 0 Å². The highest BCUT2D eigenvalue weighted by atomic mass is 14.4. The molecule has 0 spiro atoms. The lowest BCUT2D eigenvalue weighted by atomic mass is 9.67. The van der Waals surface area contributed by atoms with Crippen LogP contribution in [0.5, 0.6) is 0 Å². The molecule has 0 fully saturated rings. The molecule has 1 aliphatic rings. The van der Waals surface area contributed by atoms with Crippen molar-refractivity contribution >= 4 is 18.2 Å². The zero-order valence-electron chi connectivity index (χ0n) is 15.8. The smallest absolute Gasteiger partial charge is 0.0179 e. The van der Waals surface area contributed by atoms with Crippen LogP contribution < -0.4 is 10.4 Å². The van der Waals surface area contributed by atoms with E-state index < -0.39 is 0 Å². The van der Waals surface area contributed by atoms with Gasteiger partial charge >= 0.3 is 0 Å². The van der Waals surface area contributed by atoms with Crippen molar-refractivity contribution in [2.24, 2.45) is 11.3 Å². The highest BCUT2D eigenvalue weighted by Gasteiger charge is 2.32. The van der Waals surface area contributed by atoms with Crippen LogP contribution in [0.2, 0.25) is 0 Å². The third-order valence-corrected chi connectivity index (χ3v) is 5.94. The second-order valence-corrected chi connectivity index (χ2v) is 8.08. The molecule has 0 radical (unpaired) electrons. The van der Waals surface area contributed by atoms with Gasteiger partial charge in [0.05, 0.1) is 0 Å². The van der Waals surface area contributed by atoms with E-state index in [1.807, 2.05) is 0 Å². The monoisotopic (exact) mass is 308 g/mol. The molecule has 0 aliphatic heterocycles. The first-order valence-corrected chi connectivity index (χ1v) is 8.80. The van der Waals surface area contributed by atoms with Crippen LogP contribution in [0, 0.1) is 18.3 Å². The van der Waals surface area contributed by atoms with Crippen molar-refractivity contribution in [3.05, 3.63) is 51.4 Å². The third kappa shape index (κ3) is 3.68. The number of aryl methyl sites for hydroxylation is 1. The Labute approximate surface area is 142 Å². The van der Waals surface area contributed by atoms with E-state index in [4.69, 9.17) is 0 Å². The maximum absolute atomic E-state index is 4.30. The van der Waals surface area contributed by atoms with E-state index in [0.717, 1.165) is 10.8 Å². The second-order valence-electron chi connectivity index (χ2n) is 8.08. The Kier molecular flexibility index (Phi) is 5.04. The maximum Gasteiger partial charge on any atom is -0.0179 e. The minimum atomic E-state index is 0.410. The minimum Gasteiger partial charge on any atom is -0.0955 e. The van der Waals surface area contributed by atoms with Gasteiger partial charge in [-0.05, 0) is 84.6 Å². The SMILES string of the molecule is C=C(C)c1cc(C)c(=C)/c(=C\C2=C(C)CCC(C)(C(C)C)C2)c1. The van der Waals surface area contributed by atoms with Gasteiger partial charge in [-0.3, -0.25) is 0 Å². The summed E-state index contributed by atoms with van der Waals surface area (Å²) in [7, 11) is 0. The molecule has 1 aromatic rings. The van der Waals surface area contributed by atoms with Gasteiger partial charge in [-0.25, -0.2) is 0 Å². The number of benzene rings is 1. The summed E-state index contributed by atoms with van der Waals surface area (Å²) in [4.78, 5) is 0. The Morgan fingerprint density at radius 3 is 2.48 bits per heavy atom. The largest absolute Gasteiger partial charge is 0.0955 e. The van der Waals surface area contributed by atoms with Gasteiger partial charge in [0.15, 0.2) is 0 Å². The number of rotatable bonds is 3. The third-order valence-electron chi connectivity index (χ3n) is 5.94. The fraction of sp³-hybridized carbons (Fsp3) is 0.478. The van der Waals surface area contributed by atoms with Crippen molar-refractivity contribution in [1.29, 1.82) is 0 Å². The molecule has 0 heteroatoms. The topological polar surface area (TPSA) is 0 Å². The van der Waals surface area contributed by atoms with E-state index in [2.05, 4.69) is 72.9 Å². The fourth-order valence-electron chi connectivity index (χ4n) is 3.38. The molecule has 23 heavy (non-hydrogen) atoms. The standard InChI is InChI=1S/C23H32/c1-15(2)20-11-18(6)19(7)21(12-20)13-22-14-23(8,16(3)4)10-9-17(22)5/h11-13,16H,1,7,9-10,14H2,2-6,8H3/b21-13-. The molecule has 0 saturated carbocycles. The van der Waals surface area contributed by atoms with Crippen LogP contribution >= 0.6 is 0 Å². The molecule has 2 rings (SSSR count). The van der Waals surface area contributed by atoms with Crippen molar-refractivity contribution < 1.29 is 0 Å². The highest BCUT2D eigenvalue weighted by Crippen LogP contribution is 2.44. The van der Waals surface area contributed by atoms with Crippen molar-refractivity contribution in [2.45, 2.75) is 60.8 Å². The predicted molar refractivity (Wildman–Crippen MR) is 105 cm³/mol. The van der Waals surface area contributed by atoms with Crippen molar-refractivity contribution in [3.63, 3.8) is 0 Å². The molecule has 0 nitrogen and oxygen atoms in total. The summed E-state index contributed by atoms with van der Waals surface area (Å²) in [6.45, 7) is 22.1. The van der Waals surface area contributed by atoms with E-state index in [-0.39, 0.29) is 0 Å². The van der Waals surface area contributed by atoms with Crippen LogP contribution in [0.4, 0.5) is 0 Å². The van der Waals surface area contributed by atoms with Crippen LogP contribution in [-0.2, 0) is 0 Å². The fourth-order valence-corrected chi connectivity index (χ4v) is 3.38. The van der Waals surface area contributed by atoms with E-state index in [9.17, 15) is 0 Å². The van der Waals surface area contributed by atoms with Crippen LogP contribution in [-0.4, -0.2) is 0 Å². The summed E-state index contributed by atoms with van der Waals surface area (Å²) in [6.07, 6.45) is 6.07. The van der Waals surface area contributed by atoms with E-state index >= 15 is 0 Å². The minimum absolute atomic E-state index is 0.410. The first-order chi connectivity index (χ1) is 10.6. The van der Waals surface area contributed by atoms with Crippen molar-refractivity contribution in [3.8, 4) is 0 Å². The Hall–Kier alpha value is -1.56. The molecule has 0 bridgehead atoms. The molecule has 124 valence electrons. The summed E-state index contributed by atoms with van der Waals surface area (Å²) in [6, 6.07) is 4.45. The van der Waals surface area contributed by atoms with Gasteiger partial charge in [0.1, 0.15) is 0 Å². The summed E-state index contributed by atoms with van der Waals surface area (Å²) in [5.74, 6) is 0.710.